The first-order valence-electron chi connectivity index (χ1n) is 7.47. The van der Waals surface area contributed by atoms with Gasteiger partial charge in [-0.15, -0.1) is 0 Å². The molecule has 2 fully saturated rings. The van der Waals surface area contributed by atoms with Crippen molar-refractivity contribution in [1.29, 1.82) is 0 Å². The molecular formula is C14H27N3O. The van der Waals surface area contributed by atoms with E-state index in [1.807, 2.05) is 0 Å². The average Bonchev–Trinajstić information content (AvgIpc) is 2.79. The van der Waals surface area contributed by atoms with Gasteiger partial charge in [0, 0.05) is 24.7 Å². The van der Waals surface area contributed by atoms with Crippen molar-refractivity contribution in [3.63, 3.8) is 0 Å². The second kappa shape index (κ2) is 6.53. The maximum absolute atomic E-state index is 11.7. The van der Waals surface area contributed by atoms with Crippen LogP contribution in [-0.4, -0.2) is 48.6 Å². The first-order chi connectivity index (χ1) is 8.70. The van der Waals surface area contributed by atoms with Crippen LogP contribution in [0.2, 0.25) is 0 Å². The minimum atomic E-state index is 0.138. The minimum Gasteiger partial charge on any atom is -0.353 e. The van der Waals surface area contributed by atoms with E-state index in [2.05, 4.69) is 29.4 Å². The highest BCUT2D eigenvalue weighted by Gasteiger charge is 2.35. The molecule has 18 heavy (non-hydrogen) atoms. The number of fused-ring (bicyclic) bond motifs is 1. The molecule has 0 aliphatic carbocycles. The molecule has 1 amide bonds. The summed E-state index contributed by atoms with van der Waals surface area (Å²) in [6.07, 6.45) is 6.17. The highest BCUT2D eigenvalue weighted by atomic mass is 16.1. The maximum atomic E-state index is 11.7. The molecule has 2 aliphatic heterocycles. The highest BCUT2D eigenvalue weighted by molar-refractivity contribution is 5.78. The van der Waals surface area contributed by atoms with Crippen molar-refractivity contribution in [2.75, 3.05) is 19.6 Å². The molecule has 0 saturated carbocycles. The number of nitrogens with one attached hydrogen (secondary N) is 2. The second-order valence-electron chi connectivity index (χ2n) is 5.75. The van der Waals surface area contributed by atoms with Crippen LogP contribution in [0.4, 0.5) is 0 Å². The molecule has 2 saturated heterocycles. The Bertz CT molecular complexity index is 282. The van der Waals surface area contributed by atoms with Gasteiger partial charge in [-0.05, 0) is 39.2 Å². The monoisotopic (exact) mass is 253 g/mol. The third-order valence-electron chi connectivity index (χ3n) is 4.40. The summed E-state index contributed by atoms with van der Waals surface area (Å²) < 4.78 is 0. The molecule has 2 rings (SSSR count). The standard InChI is InChI=1S/C14H27N3O/c1-3-11(2)16-14(18)10-15-12-7-9-17-8-5-4-6-13(12)17/h11-13,15H,3-10H2,1-2H3,(H,16,18). The molecule has 3 atom stereocenters. The Morgan fingerprint density at radius 1 is 1.33 bits per heavy atom. The molecule has 0 radical (unpaired) electrons. The summed E-state index contributed by atoms with van der Waals surface area (Å²) in [6, 6.07) is 1.48. The fraction of sp³-hybridized carbons (Fsp3) is 0.929. The Balaban J connectivity index is 1.72. The van der Waals surface area contributed by atoms with Gasteiger partial charge in [-0.1, -0.05) is 13.3 Å². The Labute approximate surface area is 110 Å². The number of nitrogens with zero attached hydrogens (tertiary/aromatic N) is 1. The van der Waals surface area contributed by atoms with E-state index < -0.39 is 0 Å². The zero-order valence-electron chi connectivity index (χ0n) is 11.7. The van der Waals surface area contributed by atoms with Crippen molar-refractivity contribution in [3.8, 4) is 0 Å². The zero-order valence-corrected chi connectivity index (χ0v) is 11.7. The summed E-state index contributed by atoms with van der Waals surface area (Å²) in [5.74, 6) is 0.138. The largest absolute Gasteiger partial charge is 0.353 e. The second-order valence-corrected chi connectivity index (χ2v) is 5.75. The van der Waals surface area contributed by atoms with E-state index in [4.69, 9.17) is 0 Å². The molecule has 0 spiro atoms. The van der Waals surface area contributed by atoms with Crippen molar-refractivity contribution >= 4 is 5.91 Å². The highest BCUT2D eigenvalue weighted by Crippen LogP contribution is 2.26. The van der Waals surface area contributed by atoms with Gasteiger partial charge in [-0.3, -0.25) is 9.69 Å². The third kappa shape index (κ3) is 3.45. The lowest BCUT2D eigenvalue weighted by molar-refractivity contribution is -0.121. The van der Waals surface area contributed by atoms with Gasteiger partial charge in [0.25, 0.3) is 0 Å². The molecule has 2 N–H and O–H groups in total. The minimum absolute atomic E-state index is 0.138. The lowest BCUT2D eigenvalue weighted by atomic mass is 9.99. The van der Waals surface area contributed by atoms with Gasteiger partial charge in [0.15, 0.2) is 0 Å². The lowest BCUT2D eigenvalue weighted by Crippen LogP contribution is -2.48. The lowest BCUT2D eigenvalue weighted by Gasteiger charge is -2.32. The number of piperidine rings is 1. The van der Waals surface area contributed by atoms with E-state index in [1.165, 1.54) is 38.8 Å². The molecule has 4 nitrogen and oxygen atoms in total. The summed E-state index contributed by atoms with van der Waals surface area (Å²) in [6.45, 7) is 7.07. The summed E-state index contributed by atoms with van der Waals surface area (Å²) in [4.78, 5) is 14.3. The van der Waals surface area contributed by atoms with Crippen LogP contribution in [0.15, 0.2) is 0 Å². The van der Waals surface area contributed by atoms with Crippen LogP contribution >= 0.6 is 0 Å². The van der Waals surface area contributed by atoms with E-state index in [1.54, 1.807) is 0 Å². The van der Waals surface area contributed by atoms with Crippen LogP contribution in [0.25, 0.3) is 0 Å². The zero-order chi connectivity index (χ0) is 13.0. The smallest absolute Gasteiger partial charge is 0.234 e. The van der Waals surface area contributed by atoms with Gasteiger partial charge in [-0.2, -0.15) is 0 Å². The Kier molecular flexibility index (Phi) is 5.01. The van der Waals surface area contributed by atoms with Crippen molar-refractivity contribution in [2.45, 2.75) is 64.1 Å². The van der Waals surface area contributed by atoms with Crippen LogP contribution in [-0.2, 0) is 4.79 Å². The predicted molar refractivity (Wildman–Crippen MR) is 73.5 cm³/mol. The maximum Gasteiger partial charge on any atom is 0.234 e. The molecule has 3 unspecified atom stereocenters. The van der Waals surface area contributed by atoms with E-state index in [9.17, 15) is 4.79 Å². The predicted octanol–water partition coefficient (Wildman–Crippen LogP) is 1.12. The van der Waals surface area contributed by atoms with Gasteiger partial charge in [0.1, 0.15) is 0 Å². The normalized spacial score (nSPS) is 29.9. The van der Waals surface area contributed by atoms with E-state index >= 15 is 0 Å². The number of carbonyl (C=O) groups is 1. The number of carbonyl (C=O) groups excluding carboxylic acids is 1. The van der Waals surface area contributed by atoms with E-state index in [-0.39, 0.29) is 11.9 Å². The van der Waals surface area contributed by atoms with Crippen molar-refractivity contribution in [2.24, 2.45) is 0 Å². The molecule has 0 aromatic rings. The SMILES string of the molecule is CCC(C)NC(=O)CNC1CCN2CCCCC12. The summed E-state index contributed by atoms with van der Waals surface area (Å²) in [5, 5.41) is 6.47. The van der Waals surface area contributed by atoms with Crippen LogP contribution in [0.1, 0.15) is 46.0 Å². The first-order valence-corrected chi connectivity index (χ1v) is 7.47. The molecule has 2 aliphatic rings. The molecule has 104 valence electrons. The number of amides is 1. The molecule has 0 aromatic carbocycles. The molecule has 4 heteroatoms. The van der Waals surface area contributed by atoms with Gasteiger partial charge in [0.2, 0.25) is 5.91 Å². The van der Waals surface area contributed by atoms with Crippen LogP contribution < -0.4 is 10.6 Å². The Hall–Kier alpha value is -0.610. The van der Waals surface area contributed by atoms with Gasteiger partial charge < -0.3 is 10.6 Å². The van der Waals surface area contributed by atoms with E-state index in [0.717, 1.165) is 6.42 Å². The third-order valence-corrected chi connectivity index (χ3v) is 4.40. The average molecular weight is 253 g/mol. The Morgan fingerprint density at radius 3 is 2.94 bits per heavy atom. The van der Waals surface area contributed by atoms with Crippen LogP contribution in [0.3, 0.4) is 0 Å². The molecule has 2 heterocycles. The van der Waals surface area contributed by atoms with Gasteiger partial charge in [0.05, 0.1) is 6.54 Å². The quantitative estimate of drug-likeness (QED) is 0.771. The van der Waals surface area contributed by atoms with Gasteiger partial charge in [-0.25, -0.2) is 0 Å². The van der Waals surface area contributed by atoms with Crippen molar-refractivity contribution in [1.82, 2.24) is 15.5 Å². The molecular weight excluding hydrogens is 226 g/mol. The summed E-state index contributed by atoms with van der Waals surface area (Å²) in [5.41, 5.74) is 0. The number of hydrogen-bond donors (Lipinski definition) is 2. The van der Waals surface area contributed by atoms with Crippen LogP contribution in [0.5, 0.6) is 0 Å². The van der Waals surface area contributed by atoms with E-state index in [0.29, 0.717) is 18.6 Å². The molecule has 0 aromatic heterocycles. The van der Waals surface area contributed by atoms with Crippen molar-refractivity contribution < 1.29 is 4.79 Å². The summed E-state index contributed by atoms with van der Waals surface area (Å²) >= 11 is 0. The number of hydrogen-bond acceptors (Lipinski definition) is 3. The number of rotatable bonds is 5. The van der Waals surface area contributed by atoms with Gasteiger partial charge >= 0.3 is 0 Å². The van der Waals surface area contributed by atoms with Crippen molar-refractivity contribution in [3.05, 3.63) is 0 Å². The summed E-state index contributed by atoms with van der Waals surface area (Å²) in [7, 11) is 0. The topological polar surface area (TPSA) is 44.4 Å². The Morgan fingerprint density at radius 2 is 2.17 bits per heavy atom. The molecule has 0 bridgehead atoms. The fourth-order valence-electron chi connectivity index (χ4n) is 3.14. The fourth-order valence-corrected chi connectivity index (χ4v) is 3.14. The van der Waals surface area contributed by atoms with Crippen LogP contribution in [0, 0.1) is 0 Å². The first kappa shape index (κ1) is 13.8.